The maximum atomic E-state index is 4.85. The topological polar surface area (TPSA) is 24.4 Å². The zero-order chi connectivity index (χ0) is 17.6. The number of benzene rings is 3. The highest BCUT2D eigenvalue weighted by Crippen LogP contribution is 2.40. The van der Waals surface area contributed by atoms with Crippen molar-refractivity contribution >= 4 is 28.2 Å². The molecule has 1 aliphatic rings. The van der Waals surface area contributed by atoms with Gasteiger partial charge < -0.3 is 5.32 Å². The van der Waals surface area contributed by atoms with Crippen molar-refractivity contribution in [3.63, 3.8) is 0 Å². The summed E-state index contributed by atoms with van der Waals surface area (Å²) in [6.45, 7) is 0. The second kappa shape index (κ2) is 8.07. The van der Waals surface area contributed by atoms with E-state index in [0.29, 0.717) is 5.25 Å². The third kappa shape index (κ3) is 4.24. The number of hydrogen-bond donors (Lipinski definition) is 1. The van der Waals surface area contributed by atoms with Crippen LogP contribution in [0.3, 0.4) is 0 Å². The molecule has 0 aromatic heterocycles. The zero-order valence-electron chi connectivity index (χ0n) is 14.4. The van der Waals surface area contributed by atoms with Crippen molar-refractivity contribution in [2.24, 2.45) is 4.99 Å². The van der Waals surface area contributed by atoms with Gasteiger partial charge in [-0.1, -0.05) is 78.5 Å². The first-order chi connectivity index (χ1) is 12.9. The van der Waals surface area contributed by atoms with Gasteiger partial charge in [0, 0.05) is 23.1 Å². The number of rotatable bonds is 4. The van der Waals surface area contributed by atoms with Crippen molar-refractivity contribution in [1.29, 1.82) is 0 Å². The van der Waals surface area contributed by atoms with Gasteiger partial charge >= 0.3 is 0 Å². The van der Waals surface area contributed by atoms with Gasteiger partial charge in [-0.05, 0) is 35.9 Å². The molecule has 0 saturated heterocycles. The van der Waals surface area contributed by atoms with Crippen molar-refractivity contribution in [2.75, 3.05) is 5.32 Å². The molecular formula is C23H20N2S. The highest BCUT2D eigenvalue weighted by molar-refractivity contribution is 8.14. The number of thioether (sulfide) groups is 1. The molecule has 0 unspecified atom stereocenters. The van der Waals surface area contributed by atoms with Crippen molar-refractivity contribution < 1.29 is 0 Å². The maximum absolute atomic E-state index is 4.85. The van der Waals surface area contributed by atoms with Crippen LogP contribution in [0.15, 0.2) is 108 Å². The number of allylic oxidation sites excluding steroid dienone is 1. The summed E-state index contributed by atoms with van der Waals surface area (Å²) in [5, 5.41) is 4.96. The van der Waals surface area contributed by atoms with Crippen LogP contribution in [0.5, 0.6) is 0 Å². The van der Waals surface area contributed by atoms with E-state index in [-0.39, 0.29) is 0 Å². The number of para-hydroxylation sites is 2. The SMILES string of the molecule is C1=C(Nc2ccccc2)C[C@@H](c2ccccc2)SC1=Nc1ccccc1. The fraction of sp³-hybridized carbons (Fsp3) is 0.0870. The third-order valence-corrected chi connectivity index (χ3v) is 5.39. The van der Waals surface area contributed by atoms with Gasteiger partial charge in [-0.3, -0.25) is 0 Å². The predicted molar refractivity (Wildman–Crippen MR) is 113 cm³/mol. The number of hydrogen-bond acceptors (Lipinski definition) is 3. The lowest BCUT2D eigenvalue weighted by Gasteiger charge is -2.24. The van der Waals surface area contributed by atoms with Crippen LogP contribution in [0.25, 0.3) is 0 Å². The van der Waals surface area contributed by atoms with Gasteiger partial charge in [-0.25, -0.2) is 4.99 Å². The standard InChI is InChI=1S/C23H20N2S/c1-4-10-18(11-5-1)22-16-21(24-19-12-6-2-7-13-19)17-23(26-22)25-20-14-8-3-9-15-20/h1-15,17,22,24H,16H2/t22-/m0/s1. The second-order valence-electron chi connectivity index (χ2n) is 6.17. The summed E-state index contributed by atoms with van der Waals surface area (Å²) < 4.78 is 0. The molecule has 2 nitrogen and oxygen atoms in total. The summed E-state index contributed by atoms with van der Waals surface area (Å²) in [6, 6.07) is 31.1. The Bertz CT molecular complexity index is 903. The third-order valence-electron chi connectivity index (χ3n) is 4.21. The first kappa shape index (κ1) is 16.7. The monoisotopic (exact) mass is 356 g/mol. The smallest absolute Gasteiger partial charge is 0.0990 e. The Labute approximate surface area is 158 Å². The number of nitrogens with zero attached hydrogens (tertiary/aromatic N) is 1. The highest BCUT2D eigenvalue weighted by atomic mass is 32.2. The van der Waals surface area contributed by atoms with E-state index in [9.17, 15) is 0 Å². The minimum atomic E-state index is 0.356. The van der Waals surface area contributed by atoms with Crippen LogP contribution in [0.2, 0.25) is 0 Å². The average Bonchev–Trinajstić information content (AvgIpc) is 2.70. The molecule has 1 atom stereocenters. The Balaban J connectivity index is 1.65. The lowest BCUT2D eigenvalue weighted by Crippen LogP contribution is -2.12. The van der Waals surface area contributed by atoms with Crippen LogP contribution in [0.4, 0.5) is 11.4 Å². The molecule has 1 aliphatic heterocycles. The van der Waals surface area contributed by atoms with Crippen molar-refractivity contribution in [1.82, 2.24) is 0 Å². The van der Waals surface area contributed by atoms with Gasteiger partial charge in [-0.2, -0.15) is 0 Å². The molecule has 128 valence electrons. The fourth-order valence-corrected chi connectivity index (χ4v) is 4.18. The summed E-state index contributed by atoms with van der Waals surface area (Å²) in [5.74, 6) is 0. The molecule has 0 amide bonds. The quantitative estimate of drug-likeness (QED) is 0.570. The van der Waals surface area contributed by atoms with E-state index in [1.165, 1.54) is 11.3 Å². The molecule has 0 bridgehead atoms. The minimum Gasteiger partial charge on any atom is -0.359 e. The van der Waals surface area contributed by atoms with Gasteiger partial charge in [-0.15, -0.1) is 0 Å². The molecule has 0 radical (unpaired) electrons. The molecule has 3 aromatic carbocycles. The fourth-order valence-electron chi connectivity index (χ4n) is 2.97. The Hall–Kier alpha value is -2.78. The van der Waals surface area contributed by atoms with E-state index < -0.39 is 0 Å². The first-order valence-corrected chi connectivity index (χ1v) is 9.63. The number of aliphatic imine (C=N–C) groups is 1. The largest absolute Gasteiger partial charge is 0.359 e. The van der Waals surface area contributed by atoms with Crippen LogP contribution in [0, 0.1) is 0 Å². The predicted octanol–water partition coefficient (Wildman–Crippen LogP) is 6.59. The molecule has 0 saturated carbocycles. The van der Waals surface area contributed by atoms with E-state index in [1.54, 1.807) is 0 Å². The molecule has 0 spiro atoms. The molecule has 26 heavy (non-hydrogen) atoms. The Morgan fingerprint density at radius 3 is 2.08 bits per heavy atom. The summed E-state index contributed by atoms with van der Waals surface area (Å²) in [4.78, 5) is 4.85. The lowest BCUT2D eigenvalue weighted by atomic mass is 10.1. The van der Waals surface area contributed by atoms with Crippen LogP contribution in [-0.2, 0) is 0 Å². The number of nitrogens with one attached hydrogen (secondary N) is 1. The second-order valence-corrected chi connectivity index (χ2v) is 7.39. The summed E-state index contributed by atoms with van der Waals surface area (Å²) in [5.41, 5.74) is 4.62. The summed E-state index contributed by atoms with van der Waals surface area (Å²) >= 11 is 1.83. The summed E-state index contributed by atoms with van der Waals surface area (Å²) in [6.07, 6.45) is 3.13. The Morgan fingerprint density at radius 2 is 1.38 bits per heavy atom. The van der Waals surface area contributed by atoms with Crippen LogP contribution < -0.4 is 5.32 Å². The lowest BCUT2D eigenvalue weighted by molar-refractivity contribution is 0.920. The Kier molecular flexibility index (Phi) is 5.17. The van der Waals surface area contributed by atoms with Crippen molar-refractivity contribution in [3.05, 3.63) is 108 Å². The van der Waals surface area contributed by atoms with E-state index in [0.717, 1.165) is 22.8 Å². The highest BCUT2D eigenvalue weighted by Gasteiger charge is 2.22. The van der Waals surface area contributed by atoms with Crippen molar-refractivity contribution in [3.8, 4) is 0 Å². The average molecular weight is 356 g/mol. The van der Waals surface area contributed by atoms with E-state index in [4.69, 9.17) is 4.99 Å². The van der Waals surface area contributed by atoms with Gasteiger partial charge in [0.25, 0.3) is 0 Å². The first-order valence-electron chi connectivity index (χ1n) is 8.75. The molecule has 1 heterocycles. The van der Waals surface area contributed by atoms with E-state index >= 15 is 0 Å². The van der Waals surface area contributed by atoms with E-state index in [1.807, 2.05) is 60.3 Å². The molecule has 3 heteroatoms. The normalized spacial score (nSPS) is 18.4. The van der Waals surface area contributed by atoms with Crippen LogP contribution >= 0.6 is 11.8 Å². The summed E-state index contributed by atoms with van der Waals surface area (Å²) in [7, 11) is 0. The number of anilines is 1. The maximum Gasteiger partial charge on any atom is 0.0990 e. The molecule has 4 rings (SSSR count). The van der Waals surface area contributed by atoms with Crippen LogP contribution in [0.1, 0.15) is 17.2 Å². The van der Waals surface area contributed by atoms with E-state index in [2.05, 4.69) is 53.9 Å². The molecule has 1 N–H and O–H groups in total. The molecule has 0 fully saturated rings. The van der Waals surface area contributed by atoms with Crippen LogP contribution in [-0.4, -0.2) is 5.04 Å². The molecular weight excluding hydrogens is 336 g/mol. The Morgan fingerprint density at radius 1 is 0.769 bits per heavy atom. The van der Waals surface area contributed by atoms with Crippen molar-refractivity contribution in [2.45, 2.75) is 11.7 Å². The molecule has 0 aliphatic carbocycles. The van der Waals surface area contributed by atoms with Gasteiger partial charge in [0.15, 0.2) is 0 Å². The molecule has 3 aromatic rings. The zero-order valence-corrected chi connectivity index (χ0v) is 15.2. The minimum absolute atomic E-state index is 0.356. The van der Waals surface area contributed by atoms with Gasteiger partial charge in [0.2, 0.25) is 0 Å². The van der Waals surface area contributed by atoms with Gasteiger partial charge in [0.1, 0.15) is 0 Å². The van der Waals surface area contributed by atoms with Gasteiger partial charge in [0.05, 0.1) is 10.7 Å².